The zero-order chi connectivity index (χ0) is 36.0. The lowest BCUT2D eigenvalue weighted by Gasteiger charge is -2.36. The van der Waals surface area contributed by atoms with Gasteiger partial charge in [-0.05, 0) is 85.7 Å². The fraction of sp³-hybridized carbons (Fsp3) is 0.639. The van der Waals surface area contributed by atoms with Crippen molar-refractivity contribution >= 4 is 34.6 Å². The van der Waals surface area contributed by atoms with Crippen LogP contribution in [-0.2, 0) is 16.6 Å². The van der Waals surface area contributed by atoms with Gasteiger partial charge in [0.2, 0.25) is 11.7 Å². The van der Waals surface area contributed by atoms with E-state index in [1.165, 1.54) is 12.8 Å². The maximum atomic E-state index is 12.8. The van der Waals surface area contributed by atoms with E-state index in [9.17, 15) is 10.1 Å². The van der Waals surface area contributed by atoms with E-state index in [0.717, 1.165) is 62.2 Å². The van der Waals surface area contributed by atoms with Crippen LogP contribution in [0.1, 0.15) is 88.1 Å². The summed E-state index contributed by atoms with van der Waals surface area (Å²) in [7, 11) is 3.81. The number of ether oxygens (including phenoxy) is 2. The van der Waals surface area contributed by atoms with E-state index in [1.54, 1.807) is 22.6 Å². The molecule has 5 heterocycles. The molecule has 7 rings (SSSR count). The van der Waals surface area contributed by atoms with Gasteiger partial charge >= 0.3 is 12.1 Å². The first kappa shape index (κ1) is 35.1. The van der Waals surface area contributed by atoms with E-state index >= 15 is 0 Å². The molecule has 0 spiro atoms. The van der Waals surface area contributed by atoms with E-state index in [1.807, 2.05) is 45.8 Å². The van der Waals surface area contributed by atoms with Crippen molar-refractivity contribution in [2.75, 3.05) is 64.8 Å². The van der Waals surface area contributed by atoms with Crippen LogP contribution in [0.15, 0.2) is 15.6 Å². The number of aryl methyl sites for hydroxylation is 1. The van der Waals surface area contributed by atoms with Gasteiger partial charge < -0.3 is 28.7 Å². The molecule has 3 aromatic heterocycles. The lowest BCUT2D eigenvalue weighted by atomic mass is 9.72. The zero-order valence-electron chi connectivity index (χ0n) is 30.6. The Hall–Kier alpha value is -4.29. The minimum absolute atomic E-state index is 0.291. The standard InChI is InChI=1S/C36H48N10O4S/c1-34(2,3)49-33(47)46-18-16-45(17-19-46)27-20-25(39-32(40-27)48-36(12-13-36)22-44-14-7-8-15-44)29-41-31(50-42-29)35(4)11-9-10-26-28(35)24(21-37)30(51-26)38-23-43(5)6/h20,23H,7-19,22H2,1-6H3/t35-/m0/s1. The van der Waals surface area contributed by atoms with Gasteiger partial charge in [0.25, 0.3) is 0 Å². The highest BCUT2D eigenvalue weighted by atomic mass is 32.1. The maximum absolute atomic E-state index is 12.8. The third-order valence-corrected chi connectivity index (χ3v) is 11.2. The van der Waals surface area contributed by atoms with E-state index in [4.69, 9.17) is 28.9 Å². The van der Waals surface area contributed by atoms with Crippen molar-refractivity contribution in [3.8, 4) is 23.6 Å². The summed E-state index contributed by atoms with van der Waals surface area (Å²) < 4.78 is 18.3. The minimum Gasteiger partial charge on any atom is -0.455 e. The largest absolute Gasteiger partial charge is 0.455 e. The van der Waals surface area contributed by atoms with E-state index in [2.05, 4.69) is 32.9 Å². The van der Waals surface area contributed by atoms with Gasteiger partial charge in [-0.25, -0.2) is 9.79 Å². The fourth-order valence-corrected chi connectivity index (χ4v) is 8.49. The number of thiophene rings is 1. The number of fused-ring (bicyclic) bond motifs is 1. The molecule has 2 saturated heterocycles. The Balaban J connectivity index is 1.19. The topological polar surface area (TPSA) is 149 Å². The summed E-state index contributed by atoms with van der Waals surface area (Å²) in [5.74, 6) is 1.46. The Labute approximate surface area is 303 Å². The molecule has 3 aromatic rings. The van der Waals surface area contributed by atoms with Crippen LogP contribution >= 0.6 is 11.3 Å². The molecule has 2 aliphatic heterocycles. The predicted octanol–water partition coefficient (Wildman–Crippen LogP) is 5.39. The van der Waals surface area contributed by atoms with Gasteiger partial charge in [0.05, 0.1) is 17.3 Å². The molecule has 51 heavy (non-hydrogen) atoms. The smallest absolute Gasteiger partial charge is 0.410 e. The number of anilines is 1. The summed E-state index contributed by atoms with van der Waals surface area (Å²) in [6.07, 6.45) is 8.31. The average Bonchev–Trinajstić information content (AvgIpc) is 3.48. The van der Waals surface area contributed by atoms with E-state index < -0.39 is 11.0 Å². The Morgan fingerprint density at radius 1 is 1.10 bits per heavy atom. The second-order valence-corrected chi connectivity index (χ2v) is 16.7. The molecule has 4 aliphatic rings. The second-order valence-electron chi connectivity index (χ2n) is 15.6. The average molecular weight is 717 g/mol. The SMILES string of the molecule is CN(C)C=Nc1sc2c(c1C#N)[C@@](C)(c1nc(-c3cc(N4CCN(C(=O)OC(C)(C)C)CC4)nc(OC4(CN5CCCC5)CC4)n3)no1)CCC2. The monoisotopic (exact) mass is 716 g/mol. The molecule has 1 atom stereocenters. The highest BCUT2D eigenvalue weighted by molar-refractivity contribution is 7.16. The van der Waals surface area contributed by atoms with Crippen molar-refractivity contribution in [1.82, 2.24) is 34.8 Å². The van der Waals surface area contributed by atoms with Gasteiger partial charge in [-0.2, -0.15) is 20.2 Å². The number of carbonyl (C=O) groups excluding carboxylic acids is 1. The lowest BCUT2D eigenvalue weighted by molar-refractivity contribution is 0.0240. The number of hydrogen-bond donors (Lipinski definition) is 0. The van der Waals surface area contributed by atoms with Crippen molar-refractivity contribution in [2.45, 2.75) is 89.3 Å². The quantitative estimate of drug-likeness (QED) is 0.207. The third kappa shape index (κ3) is 7.53. The molecule has 0 bridgehead atoms. The van der Waals surface area contributed by atoms with Crippen LogP contribution in [0.25, 0.3) is 11.5 Å². The van der Waals surface area contributed by atoms with Gasteiger partial charge in [0, 0.05) is 63.3 Å². The molecule has 1 saturated carbocycles. The van der Waals surface area contributed by atoms with Crippen LogP contribution in [0.4, 0.5) is 15.6 Å². The van der Waals surface area contributed by atoms with E-state index in [0.29, 0.717) is 66.0 Å². The number of aliphatic imine (C=N–C) groups is 1. The van der Waals surface area contributed by atoms with Crippen molar-refractivity contribution in [2.24, 2.45) is 4.99 Å². The lowest BCUT2D eigenvalue weighted by Crippen LogP contribution is -2.50. The molecule has 0 radical (unpaired) electrons. The maximum Gasteiger partial charge on any atom is 0.410 e. The number of aromatic nitrogens is 4. The molecule has 2 aliphatic carbocycles. The molecule has 14 nitrogen and oxygen atoms in total. The molecule has 3 fully saturated rings. The summed E-state index contributed by atoms with van der Waals surface area (Å²) in [5.41, 5.74) is 0.468. The molecule has 0 N–H and O–H groups in total. The number of rotatable bonds is 9. The van der Waals surface area contributed by atoms with Crippen LogP contribution in [0, 0.1) is 11.3 Å². The Kier molecular flexibility index (Phi) is 9.43. The summed E-state index contributed by atoms with van der Waals surface area (Å²) >= 11 is 1.56. The number of nitriles is 1. The Bertz CT molecular complexity index is 1820. The van der Waals surface area contributed by atoms with Crippen molar-refractivity contribution < 1.29 is 18.8 Å². The third-order valence-electron chi connectivity index (χ3n) is 10.0. The van der Waals surface area contributed by atoms with Gasteiger partial charge in [0.15, 0.2) is 0 Å². The fourth-order valence-electron chi connectivity index (χ4n) is 7.23. The van der Waals surface area contributed by atoms with Gasteiger partial charge in [-0.15, -0.1) is 11.3 Å². The van der Waals surface area contributed by atoms with Crippen LogP contribution in [-0.4, -0.2) is 118 Å². The molecule has 15 heteroatoms. The molecule has 0 aromatic carbocycles. The van der Waals surface area contributed by atoms with Gasteiger partial charge in [-0.3, -0.25) is 4.90 Å². The van der Waals surface area contributed by atoms with Gasteiger partial charge in [-0.1, -0.05) is 5.16 Å². The highest BCUT2D eigenvalue weighted by Gasteiger charge is 2.48. The molecular weight excluding hydrogens is 669 g/mol. The van der Waals surface area contributed by atoms with Crippen molar-refractivity contribution in [3.63, 3.8) is 0 Å². The zero-order valence-corrected chi connectivity index (χ0v) is 31.4. The number of nitrogens with zero attached hydrogens (tertiary/aromatic N) is 10. The summed E-state index contributed by atoms with van der Waals surface area (Å²) in [6.45, 7) is 12.9. The molecule has 0 unspecified atom stereocenters. The highest BCUT2D eigenvalue weighted by Crippen LogP contribution is 2.50. The summed E-state index contributed by atoms with van der Waals surface area (Å²) in [4.78, 5) is 41.4. The van der Waals surface area contributed by atoms with Crippen molar-refractivity contribution in [1.29, 1.82) is 5.26 Å². The van der Waals surface area contributed by atoms with E-state index in [-0.39, 0.29) is 11.7 Å². The summed E-state index contributed by atoms with van der Waals surface area (Å²) in [5, 5.41) is 15.4. The molecule has 272 valence electrons. The number of likely N-dealkylation sites (tertiary alicyclic amines) is 1. The number of hydrogen-bond acceptors (Lipinski definition) is 13. The first-order valence-electron chi connectivity index (χ1n) is 18.0. The van der Waals surface area contributed by atoms with Crippen LogP contribution in [0.2, 0.25) is 0 Å². The number of piperazine rings is 1. The predicted molar refractivity (Wildman–Crippen MR) is 194 cm³/mol. The van der Waals surface area contributed by atoms with Crippen LogP contribution < -0.4 is 9.64 Å². The first-order chi connectivity index (χ1) is 24.3. The van der Waals surface area contributed by atoms with Crippen molar-refractivity contribution in [3.05, 3.63) is 28.0 Å². The normalized spacial score (nSPS) is 21.8. The molecule has 1 amide bonds. The Morgan fingerprint density at radius 2 is 1.84 bits per heavy atom. The Morgan fingerprint density at radius 3 is 2.51 bits per heavy atom. The minimum atomic E-state index is -0.659. The second kappa shape index (κ2) is 13.7. The molecular formula is C36H48N10O4S. The van der Waals surface area contributed by atoms with Crippen LogP contribution in [0.5, 0.6) is 6.01 Å². The van der Waals surface area contributed by atoms with Gasteiger partial charge in [0.1, 0.15) is 33.8 Å². The first-order valence-corrected chi connectivity index (χ1v) is 18.8. The number of carbonyl (C=O) groups is 1. The number of amides is 1. The summed E-state index contributed by atoms with van der Waals surface area (Å²) in [6, 6.07) is 4.59. The van der Waals surface area contributed by atoms with Crippen LogP contribution in [0.3, 0.4) is 0 Å².